The van der Waals surface area contributed by atoms with Gasteiger partial charge in [0.2, 0.25) is 5.91 Å². The van der Waals surface area contributed by atoms with Crippen molar-refractivity contribution < 1.29 is 14.3 Å². The summed E-state index contributed by atoms with van der Waals surface area (Å²) in [7, 11) is 1.37. The molecule has 0 aromatic carbocycles. The smallest absolute Gasteiger partial charge is 0.341 e. The van der Waals surface area contributed by atoms with Crippen molar-refractivity contribution in [2.45, 2.75) is 50.7 Å². The number of carbonyl (C=O) groups is 2. The number of aromatic nitrogens is 3. The van der Waals surface area contributed by atoms with Gasteiger partial charge in [-0.2, -0.15) is 0 Å². The molecule has 1 N–H and O–H groups in total. The molecule has 3 heterocycles. The maximum absolute atomic E-state index is 12.8. The fraction of sp³-hybridized carbons (Fsp3) is 0.391. The maximum atomic E-state index is 12.8. The molecule has 0 unspecified atom stereocenters. The first-order valence-electron chi connectivity index (χ1n) is 10.8. The SMILES string of the molecule is C=CCn1c(SCC(=O)Nc2sc3c(c2C(=O)OC)CCCC3)nnc1-c1csc(CC)c1. The fourth-order valence-corrected chi connectivity index (χ4v) is 6.71. The molecule has 10 heteroatoms. The van der Waals surface area contributed by atoms with Crippen LogP contribution in [0.3, 0.4) is 0 Å². The molecular formula is C23H26N4O3S3. The van der Waals surface area contributed by atoms with Gasteiger partial charge in [0.15, 0.2) is 11.0 Å². The van der Waals surface area contributed by atoms with Crippen LogP contribution in [0.5, 0.6) is 0 Å². The van der Waals surface area contributed by atoms with Crippen molar-refractivity contribution in [1.82, 2.24) is 14.8 Å². The van der Waals surface area contributed by atoms with Crippen LogP contribution in [0.25, 0.3) is 11.4 Å². The number of anilines is 1. The molecule has 0 bridgehead atoms. The Bertz CT molecular complexity index is 1180. The van der Waals surface area contributed by atoms with E-state index in [0.717, 1.165) is 49.1 Å². The molecule has 7 nitrogen and oxygen atoms in total. The van der Waals surface area contributed by atoms with Gasteiger partial charge >= 0.3 is 5.97 Å². The van der Waals surface area contributed by atoms with E-state index < -0.39 is 5.97 Å². The Morgan fingerprint density at radius 1 is 1.33 bits per heavy atom. The largest absolute Gasteiger partial charge is 0.465 e. The highest BCUT2D eigenvalue weighted by Crippen LogP contribution is 2.38. The molecule has 1 amide bonds. The number of thioether (sulfide) groups is 1. The minimum atomic E-state index is -0.394. The normalized spacial score (nSPS) is 12.9. The Morgan fingerprint density at radius 3 is 2.88 bits per heavy atom. The summed E-state index contributed by atoms with van der Waals surface area (Å²) in [6, 6.07) is 2.13. The van der Waals surface area contributed by atoms with Crippen molar-refractivity contribution in [3.63, 3.8) is 0 Å². The topological polar surface area (TPSA) is 86.1 Å². The number of nitrogens with one attached hydrogen (secondary N) is 1. The molecule has 0 fully saturated rings. The summed E-state index contributed by atoms with van der Waals surface area (Å²) in [5.41, 5.74) is 2.56. The minimum Gasteiger partial charge on any atom is -0.465 e. The highest BCUT2D eigenvalue weighted by atomic mass is 32.2. The summed E-state index contributed by atoms with van der Waals surface area (Å²) in [6.07, 6.45) is 6.69. The first-order valence-corrected chi connectivity index (χ1v) is 13.5. The number of thiophene rings is 2. The Balaban J connectivity index is 1.49. The first-order chi connectivity index (χ1) is 16.0. The lowest BCUT2D eigenvalue weighted by Gasteiger charge is -2.11. The predicted molar refractivity (Wildman–Crippen MR) is 135 cm³/mol. The Hall–Kier alpha value is -2.43. The molecule has 0 atom stereocenters. The van der Waals surface area contributed by atoms with Crippen molar-refractivity contribution >= 4 is 51.3 Å². The van der Waals surface area contributed by atoms with Crippen LogP contribution in [-0.2, 0) is 35.3 Å². The number of methoxy groups -OCH3 is 1. The van der Waals surface area contributed by atoms with E-state index in [0.29, 0.717) is 22.3 Å². The van der Waals surface area contributed by atoms with Gasteiger partial charge in [0.05, 0.1) is 18.4 Å². The highest BCUT2D eigenvalue weighted by Gasteiger charge is 2.27. The van der Waals surface area contributed by atoms with Gasteiger partial charge in [-0.25, -0.2) is 4.79 Å². The highest BCUT2D eigenvalue weighted by molar-refractivity contribution is 7.99. The third-order valence-electron chi connectivity index (χ3n) is 5.44. The standard InChI is InChI=1S/C23H26N4O3S3/c1-4-10-27-20(14-11-15(5-2)31-12-14)25-26-23(27)32-13-18(28)24-21-19(22(29)30-3)16-8-6-7-9-17(16)33-21/h4,11-12H,1,5-10,13H2,2-3H3,(H,24,28). The number of hydrogen-bond donors (Lipinski definition) is 1. The van der Waals surface area contributed by atoms with Gasteiger partial charge in [-0.1, -0.05) is 24.8 Å². The third kappa shape index (κ3) is 5.07. The van der Waals surface area contributed by atoms with Crippen LogP contribution in [0.15, 0.2) is 29.3 Å². The summed E-state index contributed by atoms with van der Waals surface area (Å²) >= 11 is 4.51. The number of carbonyl (C=O) groups excluding carboxylic acids is 2. The quantitative estimate of drug-likeness (QED) is 0.245. The number of ether oxygens (including phenoxy) is 1. The van der Waals surface area contributed by atoms with E-state index in [9.17, 15) is 9.59 Å². The van der Waals surface area contributed by atoms with Crippen LogP contribution in [0.2, 0.25) is 0 Å². The average Bonchev–Trinajstić information content (AvgIpc) is 3.54. The third-order valence-corrected chi connectivity index (χ3v) is 8.69. The lowest BCUT2D eigenvalue weighted by atomic mass is 9.95. The van der Waals surface area contributed by atoms with Gasteiger partial charge < -0.3 is 10.1 Å². The van der Waals surface area contributed by atoms with E-state index in [1.807, 2.05) is 4.57 Å². The summed E-state index contributed by atoms with van der Waals surface area (Å²) in [5, 5.41) is 14.9. The monoisotopic (exact) mass is 502 g/mol. The second-order valence-corrected chi connectivity index (χ2v) is 10.6. The van der Waals surface area contributed by atoms with Crippen LogP contribution in [-0.4, -0.2) is 39.5 Å². The van der Waals surface area contributed by atoms with Gasteiger partial charge in [-0.15, -0.1) is 39.4 Å². The number of hydrogen-bond acceptors (Lipinski definition) is 8. The van der Waals surface area contributed by atoms with Crippen molar-refractivity contribution in [3.05, 3.63) is 45.0 Å². The number of esters is 1. The number of allylic oxidation sites excluding steroid dienone is 1. The molecule has 1 aliphatic carbocycles. The zero-order valence-corrected chi connectivity index (χ0v) is 21.1. The summed E-state index contributed by atoms with van der Waals surface area (Å²) < 4.78 is 6.96. The molecule has 0 saturated heterocycles. The van der Waals surface area contributed by atoms with Crippen LogP contribution in [0.1, 0.15) is 45.4 Å². The summed E-state index contributed by atoms with van der Waals surface area (Å²) in [4.78, 5) is 27.7. The number of rotatable bonds is 9. The van der Waals surface area contributed by atoms with Crippen LogP contribution < -0.4 is 5.32 Å². The van der Waals surface area contributed by atoms with Crippen molar-refractivity contribution in [1.29, 1.82) is 0 Å². The van der Waals surface area contributed by atoms with Gasteiger partial charge in [0.25, 0.3) is 0 Å². The van der Waals surface area contributed by atoms with Gasteiger partial charge in [-0.3, -0.25) is 9.36 Å². The van der Waals surface area contributed by atoms with E-state index in [1.165, 1.54) is 40.0 Å². The van der Waals surface area contributed by atoms with Gasteiger partial charge in [0.1, 0.15) is 5.00 Å². The zero-order chi connectivity index (χ0) is 23.4. The molecule has 0 saturated carbocycles. The molecule has 3 aromatic heterocycles. The van der Waals surface area contributed by atoms with Crippen molar-refractivity contribution in [3.8, 4) is 11.4 Å². The summed E-state index contributed by atoms with van der Waals surface area (Å²) in [5.74, 6) is 0.340. The predicted octanol–water partition coefficient (Wildman–Crippen LogP) is 5.21. The van der Waals surface area contributed by atoms with E-state index in [-0.39, 0.29) is 11.7 Å². The van der Waals surface area contributed by atoms with E-state index in [4.69, 9.17) is 4.74 Å². The van der Waals surface area contributed by atoms with Gasteiger partial charge in [0, 0.05) is 27.2 Å². The lowest BCUT2D eigenvalue weighted by Crippen LogP contribution is -2.17. The molecule has 3 aromatic rings. The minimum absolute atomic E-state index is 0.155. The molecule has 0 radical (unpaired) electrons. The maximum Gasteiger partial charge on any atom is 0.341 e. The fourth-order valence-electron chi connectivity index (χ4n) is 3.85. The number of aryl methyl sites for hydroxylation is 2. The number of nitrogens with zero attached hydrogens (tertiary/aromatic N) is 3. The average molecular weight is 503 g/mol. The van der Waals surface area contributed by atoms with E-state index in [2.05, 4.69) is 40.5 Å². The van der Waals surface area contributed by atoms with E-state index >= 15 is 0 Å². The summed E-state index contributed by atoms with van der Waals surface area (Å²) in [6.45, 7) is 6.52. The van der Waals surface area contributed by atoms with Crippen LogP contribution in [0.4, 0.5) is 5.00 Å². The molecule has 4 rings (SSSR count). The molecule has 0 aliphatic heterocycles. The molecular weight excluding hydrogens is 476 g/mol. The van der Waals surface area contributed by atoms with E-state index in [1.54, 1.807) is 17.4 Å². The second kappa shape index (κ2) is 10.7. The molecule has 1 aliphatic rings. The Kier molecular flexibility index (Phi) is 7.67. The zero-order valence-electron chi connectivity index (χ0n) is 18.7. The number of fused-ring (bicyclic) bond motifs is 1. The lowest BCUT2D eigenvalue weighted by molar-refractivity contribution is -0.113. The number of amides is 1. The Morgan fingerprint density at radius 2 is 2.15 bits per heavy atom. The molecule has 33 heavy (non-hydrogen) atoms. The second-order valence-electron chi connectivity index (χ2n) is 7.60. The first kappa shape index (κ1) is 23.7. The van der Waals surface area contributed by atoms with Gasteiger partial charge in [-0.05, 0) is 43.7 Å². The Labute approximate surface area is 205 Å². The van der Waals surface area contributed by atoms with Crippen LogP contribution >= 0.6 is 34.4 Å². The van der Waals surface area contributed by atoms with Crippen LogP contribution in [0, 0.1) is 0 Å². The van der Waals surface area contributed by atoms with Crippen molar-refractivity contribution in [2.24, 2.45) is 0 Å². The van der Waals surface area contributed by atoms with Crippen molar-refractivity contribution in [2.75, 3.05) is 18.2 Å². The molecule has 0 spiro atoms. The molecule has 174 valence electrons.